The molecule has 0 radical (unpaired) electrons. The van der Waals surface area contributed by atoms with Crippen molar-refractivity contribution in [2.45, 2.75) is 44.8 Å². The Labute approximate surface area is 95.9 Å². The molecule has 2 rings (SSSR count). The van der Waals surface area contributed by atoms with Gasteiger partial charge in [-0.2, -0.15) is 0 Å². The second kappa shape index (κ2) is 4.70. The number of nitrogens with two attached hydrogens (primary N) is 1. The standard InChI is InChI=1S/C12H19N3O/c1-8-7-14-12(6-9(8)13)15-10-4-2-3-5-11(10)16/h6-7,10-11,16H,2-5H2,1H3,(H3,13,14,15). The molecule has 1 aliphatic carbocycles. The Morgan fingerprint density at radius 3 is 2.88 bits per heavy atom. The van der Waals surface area contributed by atoms with Crippen LogP contribution in [0, 0.1) is 6.92 Å². The van der Waals surface area contributed by atoms with Crippen LogP contribution in [0.25, 0.3) is 0 Å². The summed E-state index contributed by atoms with van der Waals surface area (Å²) in [5, 5.41) is 13.1. The van der Waals surface area contributed by atoms with Gasteiger partial charge in [0.05, 0.1) is 12.1 Å². The number of pyridine rings is 1. The second-order valence-corrected chi connectivity index (χ2v) is 4.53. The number of nitrogens with one attached hydrogen (secondary N) is 1. The van der Waals surface area contributed by atoms with Crippen molar-refractivity contribution in [3.8, 4) is 0 Å². The van der Waals surface area contributed by atoms with Gasteiger partial charge in [0.15, 0.2) is 0 Å². The third-order valence-electron chi connectivity index (χ3n) is 3.21. The smallest absolute Gasteiger partial charge is 0.128 e. The largest absolute Gasteiger partial charge is 0.398 e. The van der Waals surface area contributed by atoms with Gasteiger partial charge in [0.2, 0.25) is 0 Å². The lowest BCUT2D eigenvalue weighted by molar-refractivity contribution is 0.116. The van der Waals surface area contributed by atoms with Gasteiger partial charge in [0.25, 0.3) is 0 Å². The zero-order valence-electron chi connectivity index (χ0n) is 9.61. The number of aromatic nitrogens is 1. The molecule has 1 heterocycles. The fraction of sp³-hybridized carbons (Fsp3) is 0.583. The first-order valence-corrected chi connectivity index (χ1v) is 5.83. The molecule has 0 saturated heterocycles. The molecular formula is C12H19N3O. The molecule has 88 valence electrons. The molecule has 0 bridgehead atoms. The first-order valence-electron chi connectivity index (χ1n) is 5.83. The number of nitrogen functional groups attached to an aromatic ring is 1. The molecule has 0 aliphatic heterocycles. The molecule has 4 N–H and O–H groups in total. The first-order chi connectivity index (χ1) is 7.66. The molecule has 0 amide bonds. The monoisotopic (exact) mass is 221 g/mol. The van der Waals surface area contributed by atoms with Crippen LogP contribution in [0.5, 0.6) is 0 Å². The minimum atomic E-state index is -0.266. The summed E-state index contributed by atoms with van der Waals surface area (Å²) in [5.41, 5.74) is 7.54. The van der Waals surface area contributed by atoms with Crippen molar-refractivity contribution >= 4 is 11.5 Å². The topological polar surface area (TPSA) is 71.2 Å². The van der Waals surface area contributed by atoms with Crippen LogP contribution in [-0.2, 0) is 0 Å². The Kier molecular flexibility index (Phi) is 3.29. The maximum Gasteiger partial charge on any atom is 0.128 e. The van der Waals surface area contributed by atoms with Gasteiger partial charge in [-0.3, -0.25) is 0 Å². The van der Waals surface area contributed by atoms with Crippen molar-refractivity contribution in [1.82, 2.24) is 4.98 Å². The predicted molar refractivity (Wildman–Crippen MR) is 65.3 cm³/mol. The Morgan fingerprint density at radius 1 is 1.44 bits per heavy atom. The number of anilines is 2. The fourth-order valence-electron chi connectivity index (χ4n) is 2.09. The summed E-state index contributed by atoms with van der Waals surface area (Å²) in [5.74, 6) is 0.758. The van der Waals surface area contributed by atoms with Gasteiger partial charge in [-0.25, -0.2) is 4.98 Å². The number of rotatable bonds is 2. The highest BCUT2D eigenvalue weighted by molar-refractivity contribution is 5.53. The third kappa shape index (κ3) is 2.44. The van der Waals surface area contributed by atoms with E-state index in [-0.39, 0.29) is 12.1 Å². The molecule has 1 aromatic heterocycles. The van der Waals surface area contributed by atoms with Gasteiger partial charge in [-0.15, -0.1) is 0 Å². The van der Waals surface area contributed by atoms with Gasteiger partial charge in [0.1, 0.15) is 5.82 Å². The fourth-order valence-corrected chi connectivity index (χ4v) is 2.09. The third-order valence-corrected chi connectivity index (χ3v) is 3.21. The Bertz CT molecular complexity index is 367. The van der Waals surface area contributed by atoms with Crippen molar-refractivity contribution in [3.63, 3.8) is 0 Å². The molecule has 0 aromatic carbocycles. The van der Waals surface area contributed by atoms with E-state index < -0.39 is 0 Å². The van der Waals surface area contributed by atoms with Gasteiger partial charge >= 0.3 is 0 Å². The lowest BCUT2D eigenvalue weighted by atomic mass is 9.92. The normalized spacial score (nSPS) is 25.4. The molecule has 1 fully saturated rings. The van der Waals surface area contributed by atoms with Crippen LogP contribution in [0.3, 0.4) is 0 Å². The average molecular weight is 221 g/mol. The summed E-state index contributed by atoms with van der Waals surface area (Å²) in [4.78, 5) is 4.27. The van der Waals surface area contributed by atoms with Crippen LogP contribution < -0.4 is 11.1 Å². The minimum Gasteiger partial charge on any atom is -0.398 e. The molecule has 2 atom stereocenters. The highest BCUT2D eigenvalue weighted by Gasteiger charge is 2.22. The number of aliphatic hydroxyl groups excluding tert-OH is 1. The summed E-state index contributed by atoms with van der Waals surface area (Å²) in [7, 11) is 0. The van der Waals surface area contributed by atoms with Crippen LogP contribution in [0.1, 0.15) is 31.2 Å². The van der Waals surface area contributed by atoms with Crippen LogP contribution in [-0.4, -0.2) is 22.2 Å². The Morgan fingerprint density at radius 2 is 2.19 bits per heavy atom. The highest BCUT2D eigenvalue weighted by atomic mass is 16.3. The molecule has 0 spiro atoms. The molecule has 1 saturated carbocycles. The first kappa shape index (κ1) is 11.2. The van der Waals surface area contributed by atoms with Gasteiger partial charge in [0, 0.05) is 18.0 Å². The molecule has 4 nitrogen and oxygen atoms in total. The summed E-state index contributed by atoms with van der Waals surface area (Å²) < 4.78 is 0. The van der Waals surface area contributed by atoms with Gasteiger partial charge in [-0.05, 0) is 25.3 Å². The second-order valence-electron chi connectivity index (χ2n) is 4.53. The zero-order chi connectivity index (χ0) is 11.5. The van der Waals surface area contributed by atoms with E-state index in [0.717, 1.165) is 42.8 Å². The number of nitrogens with zero attached hydrogens (tertiary/aromatic N) is 1. The van der Waals surface area contributed by atoms with Crippen LogP contribution in [0.4, 0.5) is 11.5 Å². The number of hydrogen-bond donors (Lipinski definition) is 3. The zero-order valence-corrected chi connectivity index (χ0v) is 9.61. The lowest BCUT2D eigenvalue weighted by Gasteiger charge is -2.28. The predicted octanol–water partition coefficient (Wildman–Crippen LogP) is 1.69. The van der Waals surface area contributed by atoms with Gasteiger partial charge < -0.3 is 16.2 Å². The van der Waals surface area contributed by atoms with E-state index in [1.165, 1.54) is 0 Å². The molecular weight excluding hydrogens is 202 g/mol. The van der Waals surface area contributed by atoms with Crippen LogP contribution in [0.2, 0.25) is 0 Å². The maximum atomic E-state index is 9.83. The average Bonchev–Trinajstić information content (AvgIpc) is 2.27. The highest BCUT2D eigenvalue weighted by Crippen LogP contribution is 2.22. The maximum absolute atomic E-state index is 9.83. The van der Waals surface area contributed by atoms with Crippen molar-refractivity contribution in [2.24, 2.45) is 0 Å². The van der Waals surface area contributed by atoms with E-state index in [1.54, 1.807) is 6.20 Å². The van der Waals surface area contributed by atoms with E-state index in [0.29, 0.717) is 0 Å². The van der Waals surface area contributed by atoms with Crippen LogP contribution >= 0.6 is 0 Å². The minimum absolute atomic E-state index is 0.114. The Balaban J connectivity index is 2.05. The molecule has 2 unspecified atom stereocenters. The van der Waals surface area contributed by atoms with Crippen LogP contribution in [0.15, 0.2) is 12.3 Å². The van der Waals surface area contributed by atoms with Crippen molar-refractivity contribution in [2.75, 3.05) is 11.1 Å². The van der Waals surface area contributed by atoms with Crippen molar-refractivity contribution in [3.05, 3.63) is 17.8 Å². The molecule has 1 aromatic rings. The number of aryl methyl sites for hydroxylation is 1. The molecule has 1 aliphatic rings. The SMILES string of the molecule is Cc1cnc(NC2CCCCC2O)cc1N. The molecule has 16 heavy (non-hydrogen) atoms. The summed E-state index contributed by atoms with van der Waals surface area (Å²) in [6.45, 7) is 1.93. The van der Waals surface area contributed by atoms with E-state index in [9.17, 15) is 5.11 Å². The molecule has 4 heteroatoms. The Hall–Kier alpha value is -1.29. The van der Waals surface area contributed by atoms with E-state index in [2.05, 4.69) is 10.3 Å². The van der Waals surface area contributed by atoms with E-state index in [4.69, 9.17) is 5.73 Å². The van der Waals surface area contributed by atoms with E-state index >= 15 is 0 Å². The van der Waals surface area contributed by atoms with Gasteiger partial charge in [-0.1, -0.05) is 12.8 Å². The van der Waals surface area contributed by atoms with Crippen molar-refractivity contribution in [1.29, 1.82) is 0 Å². The number of hydrogen-bond acceptors (Lipinski definition) is 4. The lowest BCUT2D eigenvalue weighted by Crippen LogP contribution is -2.36. The van der Waals surface area contributed by atoms with E-state index in [1.807, 2.05) is 13.0 Å². The quantitative estimate of drug-likeness (QED) is 0.710. The summed E-state index contributed by atoms with van der Waals surface area (Å²) in [6.07, 6.45) is 5.64. The summed E-state index contributed by atoms with van der Waals surface area (Å²) >= 11 is 0. The summed E-state index contributed by atoms with van der Waals surface area (Å²) in [6, 6.07) is 1.94. The number of aliphatic hydroxyl groups is 1. The van der Waals surface area contributed by atoms with Crippen molar-refractivity contribution < 1.29 is 5.11 Å².